The molecular formula is C41H30ClNO5. The Labute approximate surface area is 283 Å². The SMILES string of the molecule is COc1ccc(C2=C(c3ccc(OC)cc3)C3(c4ccccc4)C(=O)C2(c2ccccc2)C2C(=O)N(c4ccc(Cl)cc4)C(=O)C23)cc1. The van der Waals surface area contributed by atoms with Crippen LogP contribution < -0.4 is 14.4 Å². The fourth-order valence-electron chi connectivity index (χ4n) is 8.48. The zero-order chi connectivity index (χ0) is 33.2. The fourth-order valence-corrected chi connectivity index (χ4v) is 8.61. The van der Waals surface area contributed by atoms with Crippen molar-refractivity contribution in [2.24, 2.45) is 11.8 Å². The minimum atomic E-state index is -1.50. The van der Waals surface area contributed by atoms with Gasteiger partial charge in [-0.15, -0.1) is 0 Å². The highest BCUT2D eigenvalue weighted by Crippen LogP contribution is 2.74. The van der Waals surface area contributed by atoms with Crippen LogP contribution in [0.3, 0.4) is 0 Å². The van der Waals surface area contributed by atoms with E-state index in [1.165, 1.54) is 4.90 Å². The lowest BCUT2D eigenvalue weighted by Crippen LogP contribution is -2.45. The molecule has 3 aliphatic rings. The summed E-state index contributed by atoms with van der Waals surface area (Å²) in [7, 11) is 3.21. The van der Waals surface area contributed by atoms with E-state index in [2.05, 4.69) is 0 Å². The molecule has 7 heteroatoms. The summed E-state index contributed by atoms with van der Waals surface area (Å²) in [4.78, 5) is 47.3. The Morgan fingerprint density at radius 2 is 0.938 bits per heavy atom. The van der Waals surface area contributed by atoms with Crippen molar-refractivity contribution in [2.45, 2.75) is 10.8 Å². The Balaban J connectivity index is 1.54. The van der Waals surface area contributed by atoms with Crippen molar-refractivity contribution in [1.29, 1.82) is 0 Å². The predicted octanol–water partition coefficient (Wildman–Crippen LogP) is 7.55. The summed E-state index contributed by atoms with van der Waals surface area (Å²) in [5.74, 6) is -1.74. The number of carbonyl (C=O) groups is 3. The summed E-state index contributed by atoms with van der Waals surface area (Å²) in [6.07, 6.45) is 0. The van der Waals surface area contributed by atoms with Gasteiger partial charge in [-0.2, -0.15) is 0 Å². The quantitative estimate of drug-likeness (QED) is 0.170. The first-order valence-corrected chi connectivity index (χ1v) is 16.1. The maximum atomic E-state index is 16.0. The third-order valence-electron chi connectivity index (χ3n) is 10.3. The molecule has 48 heavy (non-hydrogen) atoms. The van der Waals surface area contributed by atoms with Gasteiger partial charge in [-0.25, -0.2) is 4.90 Å². The molecule has 5 aromatic carbocycles. The minimum absolute atomic E-state index is 0.184. The highest BCUT2D eigenvalue weighted by molar-refractivity contribution is 6.39. The van der Waals surface area contributed by atoms with Crippen molar-refractivity contribution in [3.63, 3.8) is 0 Å². The highest BCUT2D eigenvalue weighted by Gasteiger charge is 2.82. The molecule has 6 nitrogen and oxygen atoms in total. The maximum absolute atomic E-state index is 16.0. The van der Waals surface area contributed by atoms with Gasteiger partial charge in [0.1, 0.15) is 11.5 Å². The van der Waals surface area contributed by atoms with Gasteiger partial charge in [-0.05, 0) is 81.9 Å². The molecule has 2 bridgehead atoms. The van der Waals surface area contributed by atoms with Gasteiger partial charge in [-0.3, -0.25) is 14.4 Å². The lowest BCUT2D eigenvalue weighted by atomic mass is 9.59. The number of ether oxygens (including phenoxy) is 2. The van der Waals surface area contributed by atoms with Crippen LogP contribution >= 0.6 is 11.6 Å². The van der Waals surface area contributed by atoms with Crippen LogP contribution in [0.4, 0.5) is 5.69 Å². The lowest BCUT2D eigenvalue weighted by molar-refractivity contribution is -0.130. The molecule has 2 fully saturated rings. The second-order valence-electron chi connectivity index (χ2n) is 12.3. The molecule has 0 aromatic heterocycles. The zero-order valence-electron chi connectivity index (χ0n) is 26.2. The number of amides is 2. The summed E-state index contributed by atoms with van der Waals surface area (Å²) in [6, 6.07) is 40.7. The summed E-state index contributed by atoms with van der Waals surface area (Å²) in [5, 5.41) is 0.486. The van der Waals surface area contributed by atoms with Gasteiger partial charge in [0, 0.05) is 5.02 Å². The van der Waals surface area contributed by atoms with Crippen molar-refractivity contribution in [3.05, 3.63) is 161 Å². The number of methoxy groups -OCH3 is 2. The number of benzene rings is 5. The Bertz CT molecular complexity index is 1980. The monoisotopic (exact) mass is 651 g/mol. The molecular weight excluding hydrogens is 622 g/mol. The molecule has 5 aromatic rings. The van der Waals surface area contributed by atoms with Gasteiger partial charge in [0.25, 0.3) is 0 Å². The molecule has 2 aliphatic carbocycles. The van der Waals surface area contributed by atoms with E-state index in [0.717, 1.165) is 11.1 Å². The first-order valence-electron chi connectivity index (χ1n) is 15.7. The van der Waals surface area contributed by atoms with Gasteiger partial charge in [0.15, 0.2) is 5.78 Å². The third kappa shape index (κ3) is 3.84. The minimum Gasteiger partial charge on any atom is -0.497 e. The number of hydrogen-bond acceptors (Lipinski definition) is 5. The fraction of sp³-hybridized carbons (Fsp3) is 0.146. The Hall–Kier alpha value is -5.46. The van der Waals surface area contributed by atoms with E-state index in [4.69, 9.17) is 21.1 Å². The molecule has 8 rings (SSSR count). The average Bonchev–Trinajstić information content (AvgIpc) is 3.65. The van der Waals surface area contributed by atoms with E-state index in [1.807, 2.05) is 109 Å². The average molecular weight is 652 g/mol. The van der Waals surface area contributed by atoms with Crippen LogP contribution in [-0.2, 0) is 25.2 Å². The van der Waals surface area contributed by atoms with Crippen molar-refractivity contribution >= 4 is 46.0 Å². The molecule has 1 aliphatic heterocycles. The molecule has 4 unspecified atom stereocenters. The molecule has 1 saturated carbocycles. The molecule has 0 N–H and O–H groups in total. The van der Waals surface area contributed by atoms with Crippen molar-refractivity contribution in [3.8, 4) is 11.5 Å². The summed E-state index contributed by atoms with van der Waals surface area (Å²) in [5.41, 5.74) is 1.68. The van der Waals surface area contributed by atoms with Gasteiger partial charge >= 0.3 is 0 Å². The molecule has 0 radical (unpaired) electrons. The van der Waals surface area contributed by atoms with Crippen LogP contribution in [-0.4, -0.2) is 31.8 Å². The van der Waals surface area contributed by atoms with E-state index in [9.17, 15) is 0 Å². The van der Waals surface area contributed by atoms with Crippen LogP contribution in [0.25, 0.3) is 11.1 Å². The van der Waals surface area contributed by atoms with Crippen molar-refractivity contribution in [1.82, 2.24) is 0 Å². The highest BCUT2D eigenvalue weighted by atomic mass is 35.5. The number of hydrogen-bond donors (Lipinski definition) is 0. The molecule has 4 atom stereocenters. The van der Waals surface area contributed by atoms with E-state index in [1.54, 1.807) is 38.5 Å². The molecule has 0 spiro atoms. The Kier molecular flexibility index (Phi) is 6.90. The Morgan fingerprint density at radius 1 is 0.542 bits per heavy atom. The topological polar surface area (TPSA) is 72.9 Å². The second kappa shape index (κ2) is 11.1. The number of halogens is 1. The lowest BCUT2D eigenvalue weighted by Gasteiger charge is -2.39. The normalized spacial score (nSPS) is 24.3. The number of carbonyl (C=O) groups excluding carboxylic acids is 3. The number of rotatable bonds is 7. The predicted molar refractivity (Wildman–Crippen MR) is 185 cm³/mol. The van der Waals surface area contributed by atoms with Gasteiger partial charge in [-0.1, -0.05) is 96.5 Å². The number of anilines is 1. The summed E-state index contributed by atoms with van der Waals surface area (Å²) >= 11 is 6.23. The second-order valence-corrected chi connectivity index (χ2v) is 12.8. The largest absolute Gasteiger partial charge is 0.497 e. The smallest absolute Gasteiger partial charge is 0.239 e. The van der Waals surface area contributed by atoms with E-state index in [-0.39, 0.29) is 5.78 Å². The van der Waals surface area contributed by atoms with Crippen LogP contribution in [0.15, 0.2) is 133 Å². The van der Waals surface area contributed by atoms with Crippen molar-refractivity contribution in [2.75, 3.05) is 19.1 Å². The molecule has 2 amide bonds. The van der Waals surface area contributed by atoms with Gasteiger partial charge in [0.2, 0.25) is 11.8 Å². The molecule has 236 valence electrons. The van der Waals surface area contributed by atoms with Crippen LogP contribution in [0.2, 0.25) is 5.02 Å². The van der Waals surface area contributed by atoms with E-state index in [0.29, 0.717) is 44.5 Å². The number of nitrogens with zero attached hydrogens (tertiary/aromatic N) is 1. The van der Waals surface area contributed by atoms with Crippen LogP contribution in [0, 0.1) is 11.8 Å². The number of fused-ring (bicyclic) bond motifs is 5. The molecule has 1 saturated heterocycles. The number of ketones is 1. The summed E-state index contributed by atoms with van der Waals surface area (Å²) < 4.78 is 11.0. The summed E-state index contributed by atoms with van der Waals surface area (Å²) in [6.45, 7) is 0. The van der Waals surface area contributed by atoms with Gasteiger partial charge < -0.3 is 9.47 Å². The van der Waals surface area contributed by atoms with Crippen LogP contribution in [0.5, 0.6) is 11.5 Å². The van der Waals surface area contributed by atoms with Crippen LogP contribution in [0.1, 0.15) is 22.3 Å². The first kappa shape index (κ1) is 29.9. The van der Waals surface area contributed by atoms with Crippen molar-refractivity contribution < 1.29 is 23.9 Å². The number of allylic oxidation sites excluding steroid dienone is 2. The zero-order valence-corrected chi connectivity index (χ0v) is 27.0. The van der Waals surface area contributed by atoms with Gasteiger partial charge in [0.05, 0.1) is 42.6 Å². The van der Waals surface area contributed by atoms with E-state index >= 15 is 14.4 Å². The standard InChI is InChI=1S/C41H30ClNO5/c1-47-31-21-13-25(14-22-31)33-34(26-15-23-32(48-2)24-16-26)41(28-11-7-4-8-12-28)36-35(40(33,39(41)46)27-9-5-3-6-10-27)37(44)43(38(36)45)30-19-17-29(42)18-20-30/h3-24,35-36H,1-2H3. The van der Waals surface area contributed by atoms with E-state index < -0.39 is 34.5 Å². The number of Topliss-reactive ketones (excluding diaryl/α,β-unsaturated/α-hetero) is 1. The molecule has 1 heterocycles. The number of imide groups is 1. The maximum Gasteiger partial charge on any atom is 0.239 e. The Morgan fingerprint density at radius 3 is 1.31 bits per heavy atom. The third-order valence-corrected chi connectivity index (χ3v) is 10.5. The first-order chi connectivity index (χ1) is 23.4.